The number of aliphatic hydroxyl groups is 5. The van der Waals surface area contributed by atoms with Crippen molar-refractivity contribution in [2.24, 2.45) is 5.92 Å². The molecule has 5 heterocycles. The van der Waals surface area contributed by atoms with Crippen molar-refractivity contribution in [1.29, 1.82) is 0 Å². The lowest BCUT2D eigenvalue weighted by molar-refractivity contribution is -0.539. The topological polar surface area (TPSA) is 374 Å². The first-order valence-corrected chi connectivity index (χ1v) is 20.2. The molecule has 0 saturated carbocycles. The zero-order valence-electron chi connectivity index (χ0n) is 30.9. The van der Waals surface area contributed by atoms with E-state index in [-0.39, 0.29) is 39.5 Å². The van der Waals surface area contributed by atoms with Gasteiger partial charge in [-0.1, -0.05) is 0 Å². The van der Waals surface area contributed by atoms with Crippen molar-refractivity contribution in [3.63, 3.8) is 0 Å². The summed E-state index contributed by atoms with van der Waals surface area (Å²) in [5.41, 5.74) is 5.40. The number of nitrogen functional groups attached to an aromatic ring is 1. The van der Waals surface area contributed by atoms with Crippen molar-refractivity contribution in [1.82, 2.24) is 34.1 Å². The van der Waals surface area contributed by atoms with Gasteiger partial charge >= 0.3 is 30.7 Å². The quantitative estimate of drug-likeness (QED) is 0.0316. The minimum absolute atomic E-state index is 0.0157. The maximum absolute atomic E-state index is 13.4. The number of imidazole rings is 1. The average Bonchev–Trinajstić information content (AvgIpc) is 3.70. The maximum atomic E-state index is 13.4. The molecule has 9 N–H and O–H groups in total. The van der Waals surface area contributed by atoms with Crippen LogP contribution in [-0.4, -0.2) is 120 Å². The predicted octanol–water partition coefficient (Wildman–Crippen LogP) is -2.87. The van der Waals surface area contributed by atoms with Crippen molar-refractivity contribution >= 4 is 49.6 Å². The number of rotatable bonds is 14. The van der Waals surface area contributed by atoms with Crippen LogP contribution in [0.4, 0.5) is 5.82 Å². The summed E-state index contributed by atoms with van der Waals surface area (Å²) >= 11 is 0. The first kappa shape index (κ1) is 43.1. The largest absolute Gasteiger partial charge is 0.756 e. The van der Waals surface area contributed by atoms with Crippen molar-refractivity contribution in [3.05, 3.63) is 56.8 Å². The number of nitrogens with two attached hydrogens (primary N) is 1. The number of nitrogens with zero attached hydrogens (tertiary/aromatic N) is 7. The first-order valence-electron chi connectivity index (χ1n) is 17.3. The van der Waals surface area contributed by atoms with Crippen LogP contribution >= 0.6 is 15.6 Å². The number of carbonyl (C=O) groups is 1. The lowest BCUT2D eigenvalue weighted by Crippen LogP contribution is -2.53. The average molecular weight is 856 g/mol. The highest BCUT2D eigenvalue weighted by atomic mass is 31.3. The molecule has 0 bridgehead atoms. The number of phosphoric acid groups is 2. The molecule has 0 radical (unpaired) electrons. The fourth-order valence-electron chi connectivity index (χ4n) is 6.22. The Hall–Kier alpha value is -4.46. The lowest BCUT2D eigenvalue weighted by atomic mass is 10.0. The number of ether oxygens (including phenoxy) is 1. The van der Waals surface area contributed by atoms with Gasteiger partial charge in [0.1, 0.15) is 54.0 Å². The second-order valence-electron chi connectivity index (χ2n) is 13.8. The minimum atomic E-state index is -5.84. The minimum Gasteiger partial charge on any atom is -0.756 e. The van der Waals surface area contributed by atoms with Gasteiger partial charge in [0.25, 0.3) is 7.82 Å². The number of benzene rings is 1. The van der Waals surface area contributed by atoms with E-state index in [2.05, 4.69) is 33.3 Å². The fourth-order valence-corrected chi connectivity index (χ4v) is 8.28. The van der Waals surface area contributed by atoms with Crippen LogP contribution in [0.15, 0.2) is 34.4 Å². The molecule has 3 aromatic rings. The summed E-state index contributed by atoms with van der Waals surface area (Å²) in [7, 11) is -11.4. The Kier molecular flexibility index (Phi) is 12.1. The molecule has 1 fully saturated rings. The van der Waals surface area contributed by atoms with Gasteiger partial charge in [-0.3, -0.25) is 23.4 Å². The zero-order valence-corrected chi connectivity index (χ0v) is 32.7. The Morgan fingerprint density at radius 2 is 1.76 bits per heavy atom. The van der Waals surface area contributed by atoms with E-state index in [1.54, 1.807) is 39.8 Å². The second kappa shape index (κ2) is 16.3. The number of nitrogens with one attached hydrogen (secondary N) is 1. The van der Waals surface area contributed by atoms with Gasteiger partial charge in [-0.05, 0) is 44.9 Å². The SMILES string of the molecule is Cc1cc2c(cc1C)[n+](C(=O)C(C)C)c1c(=O)[nH]c(=O)nc-1n2C[C@@H](O)[C@@H](O)[C@H](O)COP(=O)([O-])OP(=O)(O)OC[C@@H]1O[C@@H](n2cnc3c(N)ncnc32)[C@H](O)[C@H]1O. The Labute approximate surface area is 325 Å². The molecule has 6 rings (SSSR count). The molecule has 27 heteroatoms. The number of fused-ring (bicyclic) bond motifs is 3. The molecule has 2 aromatic heterocycles. The van der Waals surface area contributed by atoms with Crippen molar-refractivity contribution in [2.45, 2.75) is 77.1 Å². The molecule has 314 valence electrons. The standard InChI is InChI=1S/C31H39N9O16P2/c1-12(2)29(47)40-16-6-14(4)13(3)5-15(16)38(27-21(40)28(46)37-31(48)36-27)7-17(41)22(43)18(42)8-53-57(49,50)56-58(51,52)54-9-19-23(44)24(45)30(55-19)39-11-35-20-25(32)33-10-34-26(20)39/h5-6,10-12,17-19,22-24,30,41-45H,7-9H2,1-4H3,(H4-,32,33,34,37,46,48,49,50,51,52)/t17-,18-,19+,22-,23+,24-,30-/m1/s1. The second-order valence-corrected chi connectivity index (χ2v) is 16.8. The number of anilines is 1. The van der Waals surface area contributed by atoms with Crippen LogP contribution in [0.3, 0.4) is 0 Å². The number of H-pyrrole nitrogens is 1. The highest BCUT2D eigenvalue weighted by molar-refractivity contribution is 7.60. The maximum Gasteiger partial charge on any atom is 0.478 e. The highest BCUT2D eigenvalue weighted by Gasteiger charge is 2.46. The number of aromatic nitrogens is 8. The summed E-state index contributed by atoms with van der Waals surface area (Å²) < 4.78 is 47.5. The van der Waals surface area contributed by atoms with Crippen molar-refractivity contribution in [3.8, 4) is 11.5 Å². The molecule has 58 heavy (non-hydrogen) atoms. The molecule has 9 atom stereocenters. The fraction of sp³-hybridized carbons (Fsp3) is 0.484. The smallest absolute Gasteiger partial charge is 0.478 e. The van der Waals surface area contributed by atoms with E-state index in [4.69, 9.17) is 10.5 Å². The van der Waals surface area contributed by atoms with Crippen LogP contribution in [0.25, 0.3) is 33.7 Å². The van der Waals surface area contributed by atoms with Gasteiger partial charge in [0.2, 0.25) is 11.3 Å². The highest BCUT2D eigenvalue weighted by Crippen LogP contribution is 2.58. The van der Waals surface area contributed by atoms with E-state index in [0.29, 0.717) is 11.1 Å². The Morgan fingerprint density at radius 1 is 1.07 bits per heavy atom. The van der Waals surface area contributed by atoms with Crippen LogP contribution in [0.5, 0.6) is 0 Å². The molecule has 3 aliphatic rings. The summed E-state index contributed by atoms with van der Waals surface area (Å²) in [6.45, 7) is 3.65. The third-order valence-corrected chi connectivity index (χ3v) is 11.9. The van der Waals surface area contributed by atoms with Crippen LogP contribution in [0, 0.1) is 19.8 Å². The third-order valence-electron chi connectivity index (χ3n) is 9.34. The van der Waals surface area contributed by atoms with Crippen LogP contribution < -0.4 is 26.4 Å². The number of aliphatic hydroxyl groups excluding tert-OH is 5. The van der Waals surface area contributed by atoms with Gasteiger partial charge in [-0.15, -0.1) is 4.57 Å². The zero-order chi connectivity index (χ0) is 42.6. The van der Waals surface area contributed by atoms with E-state index in [1.165, 1.54) is 15.5 Å². The lowest BCUT2D eigenvalue weighted by Gasteiger charge is -2.28. The van der Waals surface area contributed by atoms with Crippen molar-refractivity contribution < 1.29 is 71.9 Å². The van der Waals surface area contributed by atoms with Crippen LogP contribution in [0.2, 0.25) is 0 Å². The van der Waals surface area contributed by atoms with Gasteiger partial charge in [0.15, 0.2) is 17.7 Å². The summed E-state index contributed by atoms with van der Waals surface area (Å²) in [5.74, 6) is -1.49. The molecule has 0 aliphatic carbocycles. The molecular weight excluding hydrogens is 816 g/mol. The van der Waals surface area contributed by atoms with E-state index in [1.807, 2.05) is 4.98 Å². The number of aryl methyl sites for hydroxylation is 2. The Morgan fingerprint density at radius 3 is 2.45 bits per heavy atom. The first-order chi connectivity index (χ1) is 27.1. The van der Waals surface area contributed by atoms with Gasteiger partial charge in [0, 0.05) is 6.07 Å². The van der Waals surface area contributed by atoms with Crippen LogP contribution in [-0.2, 0) is 33.8 Å². The molecule has 1 saturated heterocycles. The van der Waals surface area contributed by atoms with Gasteiger partial charge < -0.3 is 54.9 Å². The van der Waals surface area contributed by atoms with E-state index < -0.39 is 101 Å². The predicted molar refractivity (Wildman–Crippen MR) is 192 cm³/mol. The molecular formula is C31H39N9O16P2. The normalized spacial score (nSPS) is 22.3. The molecule has 2 unspecified atom stereocenters. The molecule has 3 aliphatic heterocycles. The van der Waals surface area contributed by atoms with E-state index in [9.17, 15) is 58.8 Å². The van der Waals surface area contributed by atoms with Crippen LogP contribution in [0.1, 0.15) is 36.0 Å². The summed E-state index contributed by atoms with van der Waals surface area (Å²) in [6, 6.07) is 3.19. The molecule has 0 amide bonds. The summed E-state index contributed by atoms with van der Waals surface area (Å²) in [6.07, 6.45) is -10.4. The van der Waals surface area contributed by atoms with Gasteiger partial charge in [-0.2, -0.15) is 4.98 Å². The summed E-state index contributed by atoms with van der Waals surface area (Å²) in [4.78, 5) is 79.3. The summed E-state index contributed by atoms with van der Waals surface area (Å²) in [5, 5.41) is 53.6. The monoisotopic (exact) mass is 855 g/mol. The third kappa shape index (κ3) is 8.49. The van der Waals surface area contributed by atoms with Crippen molar-refractivity contribution in [2.75, 3.05) is 18.9 Å². The molecule has 1 aromatic carbocycles. The number of hydrogen-bond acceptors (Lipinski definition) is 20. The Balaban J connectivity index is 1.12. The van der Waals surface area contributed by atoms with Gasteiger partial charge in [0.05, 0.1) is 32.0 Å². The van der Waals surface area contributed by atoms with E-state index >= 15 is 0 Å². The Bertz CT molecular complexity index is 2560. The number of hydrogen-bond donors (Lipinski definition) is 8. The number of phosphoric ester groups is 2. The van der Waals surface area contributed by atoms with Gasteiger partial charge in [-0.25, -0.2) is 33.4 Å². The molecule has 25 nitrogen and oxygen atoms in total. The number of aromatic amines is 1. The molecule has 0 spiro atoms. The number of carbonyl (C=O) groups excluding carboxylic acids is 1. The van der Waals surface area contributed by atoms with E-state index in [0.717, 1.165) is 10.9 Å².